The average Bonchev–Trinajstić information content (AvgIpc) is 2.85. The second-order valence-corrected chi connectivity index (χ2v) is 5.85. The number of nitrogen functional groups attached to an aromatic ring is 1. The first-order valence-corrected chi connectivity index (χ1v) is 8.15. The van der Waals surface area contributed by atoms with E-state index in [9.17, 15) is 9.59 Å². The number of unbranched alkanes of at least 4 members (excludes halogenated alkanes) is 1. The maximum atomic E-state index is 12.9. The lowest BCUT2D eigenvalue weighted by Crippen LogP contribution is -2.32. The molecule has 1 heterocycles. The number of amides is 2. The zero-order valence-electron chi connectivity index (χ0n) is 13.7. The molecule has 2 aromatic carbocycles. The predicted molar refractivity (Wildman–Crippen MR) is 95.7 cm³/mol. The van der Waals surface area contributed by atoms with Crippen molar-refractivity contribution in [2.24, 2.45) is 0 Å². The van der Waals surface area contributed by atoms with Crippen LogP contribution in [0.2, 0.25) is 0 Å². The highest BCUT2D eigenvalue weighted by atomic mass is 16.2. The van der Waals surface area contributed by atoms with Crippen LogP contribution in [0.3, 0.4) is 0 Å². The molecule has 3 rings (SSSR count). The molecule has 0 saturated heterocycles. The number of carbonyl (C=O) groups is 2. The molecule has 0 aliphatic carbocycles. The van der Waals surface area contributed by atoms with Crippen LogP contribution in [0, 0.1) is 0 Å². The quantitative estimate of drug-likeness (QED) is 0.679. The molecule has 0 aromatic heterocycles. The Morgan fingerprint density at radius 1 is 0.833 bits per heavy atom. The molecule has 1 aliphatic rings. The second-order valence-electron chi connectivity index (χ2n) is 5.85. The van der Waals surface area contributed by atoms with Gasteiger partial charge in [0.2, 0.25) is 0 Å². The summed E-state index contributed by atoms with van der Waals surface area (Å²) in [4.78, 5) is 27.2. The number of nitrogens with two attached hydrogens (primary N) is 1. The van der Waals surface area contributed by atoms with Gasteiger partial charge in [0.05, 0.1) is 11.1 Å². The summed E-state index contributed by atoms with van der Waals surface area (Å²) in [5, 5.41) is 0. The van der Waals surface area contributed by atoms with Crippen LogP contribution in [0.5, 0.6) is 0 Å². The number of hydrogen-bond donors (Lipinski definition) is 1. The van der Waals surface area contributed by atoms with Gasteiger partial charge < -0.3 is 5.73 Å². The van der Waals surface area contributed by atoms with E-state index >= 15 is 0 Å². The van der Waals surface area contributed by atoms with Gasteiger partial charge in [-0.2, -0.15) is 0 Å². The highest BCUT2D eigenvalue weighted by Gasteiger charge is 2.38. The number of rotatable bonds is 5. The van der Waals surface area contributed by atoms with Gasteiger partial charge in [-0.05, 0) is 29.7 Å². The lowest BCUT2D eigenvalue weighted by atomic mass is 9.96. The van der Waals surface area contributed by atoms with Gasteiger partial charge in [0.1, 0.15) is 0 Å². The van der Waals surface area contributed by atoms with Crippen molar-refractivity contribution in [2.45, 2.75) is 19.8 Å². The van der Waals surface area contributed by atoms with Crippen molar-refractivity contribution < 1.29 is 9.59 Å². The first-order chi connectivity index (χ1) is 11.6. The third kappa shape index (κ3) is 2.83. The van der Waals surface area contributed by atoms with Crippen LogP contribution in [0.15, 0.2) is 54.6 Å². The Kier molecular flexibility index (Phi) is 4.47. The molecule has 0 spiro atoms. The van der Waals surface area contributed by atoms with E-state index in [-0.39, 0.29) is 11.8 Å². The van der Waals surface area contributed by atoms with Gasteiger partial charge >= 0.3 is 0 Å². The van der Waals surface area contributed by atoms with Gasteiger partial charge in [0.15, 0.2) is 0 Å². The van der Waals surface area contributed by atoms with E-state index in [1.54, 1.807) is 24.3 Å². The maximum absolute atomic E-state index is 12.9. The van der Waals surface area contributed by atoms with Crippen molar-refractivity contribution in [3.8, 4) is 0 Å². The van der Waals surface area contributed by atoms with Crippen molar-refractivity contribution in [3.05, 3.63) is 65.7 Å². The molecule has 24 heavy (non-hydrogen) atoms. The monoisotopic (exact) mass is 320 g/mol. The zero-order chi connectivity index (χ0) is 17.1. The van der Waals surface area contributed by atoms with Gasteiger partial charge in [0, 0.05) is 12.2 Å². The second kappa shape index (κ2) is 6.71. The van der Waals surface area contributed by atoms with Crippen LogP contribution < -0.4 is 5.73 Å². The smallest absolute Gasteiger partial charge is 0.262 e. The molecule has 0 fully saturated rings. The first-order valence-electron chi connectivity index (χ1n) is 8.15. The van der Waals surface area contributed by atoms with E-state index in [0.29, 0.717) is 23.4 Å². The van der Waals surface area contributed by atoms with Crippen molar-refractivity contribution in [1.82, 2.24) is 4.90 Å². The van der Waals surface area contributed by atoms with E-state index in [4.69, 9.17) is 5.73 Å². The molecule has 2 N–H and O–H groups in total. The largest absolute Gasteiger partial charge is 0.399 e. The summed E-state index contributed by atoms with van der Waals surface area (Å²) in [6.07, 6.45) is 1.73. The first kappa shape index (κ1) is 16.0. The van der Waals surface area contributed by atoms with Gasteiger partial charge in [-0.3, -0.25) is 14.5 Å². The Labute approximate surface area is 141 Å². The summed E-state index contributed by atoms with van der Waals surface area (Å²) < 4.78 is 0. The fraction of sp³-hybridized carbons (Fsp3) is 0.200. The van der Waals surface area contributed by atoms with Crippen LogP contribution in [0.25, 0.3) is 11.1 Å². The molecule has 2 amide bonds. The van der Waals surface area contributed by atoms with E-state index in [2.05, 4.69) is 0 Å². The Morgan fingerprint density at radius 3 is 1.92 bits per heavy atom. The van der Waals surface area contributed by atoms with Crippen LogP contribution in [-0.4, -0.2) is 23.3 Å². The molecule has 4 heteroatoms. The summed E-state index contributed by atoms with van der Waals surface area (Å²) in [7, 11) is 0. The van der Waals surface area contributed by atoms with Crippen LogP contribution in [0.4, 0.5) is 5.69 Å². The normalized spacial score (nSPS) is 14.6. The van der Waals surface area contributed by atoms with E-state index in [0.717, 1.165) is 24.0 Å². The Morgan fingerprint density at radius 2 is 1.38 bits per heavy atom. The average molecular weight is 320 g/mol. The number of nitrogens with zero attached hydrogens (tertiary/aromatic N) is 1. The van der Waals surface area contributed by atoms with Crippen LogP contribution >= 0.6 is 0 Å². The number of carbonyl (C=O) groups excluding carboxylic acids is 2. The zero-order valence-corrected chi connectivity index (χ0v) is 13.7. The number of benzene rings is 2. The van der Waals surface area contributed by atoms with Gasteiger partial charge in [-0.25, -0.2) is 0 Å². The maximum Gasteiger partial charge on any atom is 0.262 e. The van der Waals surface area contributed by atoms with Crippen molar-refractivity contribution in [2.75, 3.05) is 12.3 Å². The molecule has 122 valence electrons. The number of hydrogen-bond acceptors (Lipinski definition) is 3. The lowest BCUT2D eigenvalue weighted by Gasteiger charge is -2.14. The Bertz CT molecular complexity index is 792. The minimum atomic E-state index is -0.225. The van der Waals surface area contributed by atoms with Crippen LogP contribution in [-0.2, 0) is 9.59 Å². The molecule has 4 nitrogen and oxygen atoms in total. The van der Waals surface area contributed by atoms with E-state index < -0.39 is 0 Å². The van der Waals surface area contributed by atoms with Crippen molar-refractivity contribution in [3.63, 3.8) is 0 Å². The number of anilines is 1. The molecule has 0 atom stereocenters. The predicted octanol–water partition coefficient (Wildman–Crippen LogP) is 3.35. The van der Waals surface area contributed by atoms with Crippen molar-refractivity contribution >= 4 is 28.6 Å². The molecule has 2 aromatic rings. The highest BCUT2D eigenvalue weighted by molar-refractivity contribution is 6.49. The third-order valence-electron chi connectivity index (χ3n) is 4.17. The summed E-state index contributed by atoms with van der Waals surface area (Å²) in [5.74, 6) is -0.441. The lowest BCUT2D eigenvalue weighted by molar-refractivity contribution is -0.136. The standard InChI is InChI=1S/C20H20N2O2/c1-2-3-13-22-19(23)17(14-7-5-4-6-8-14)18(20(22)24)15-9-11-16(21)12-10-15/h4-12H,2-3,13,21H2,1H3. The number of imide groups is 1. The third-order valence-corrected chi connectivity index (χ3v) is 4.17. The van der Waals surface area contributed by atoms with E-state index in [1.807, 2.05) is 37.3 Å². The molecule has 0 bridgehead atoms. The molecular formula is C20H20N2O2. The van der Waals surface area contributed by atoms with Gasteiger partial charge in [-0.15, -0.1) is 0 Å². The summed E-state index contributed by atoms with van der Waals surface area (Å²) >= 11 is 0. The fourth-order valence-electron chi connectivity index (χ4n) is 2.89. The van der Waals surface area contributed by atoms with Crippen LogP contribution in [0.1, 0.15) is 30.9 Å². The van der Waals surface area contributed by atoms with E-state index in [1.165, 1.54) is 4.90 Å². The molecule has 0 saturated carbocycles. The molecular weight excluding hydrogens is 300 g/mol. The van der Waals surface area contributed by atoms with Gasteiger partial charge in [0.25, 0.3) is 11.8 Å². The molecule has 0 radical (unpaired) electrons. The molecule has 0 unspecified atom stereocenters. The minimum Gasteiger partial charge on any atom is -0.399 e. The topological polar surface area (TPSA) is 63.4 Å². The minimum absolute atomic E-state index is 0.216. The summed E-state index contributed by atoms with van der Waals surface area (Å²) in [6.45, 7) is 2.49. The summed E-state index contributed by atoms with van der Waals surface area (Å²) in [5.41, 5.74) is 8.80. The SMILES string of the molecule is CCCCN1C(=O)C(c2ccccc2)=C(c2ccc(N)cc2)C1=O. The fourth-order valence-corrected chi connectivity index (χ4v) is 2.89. The Hall–Kier alpha value is -2.88. The summed E-state index contributed by atoms with van der Waals surface area (Å²) in [6, 6.07) is 16.4. The molecule has 1 aliphatic heterocycles. The van der Waals surface area contributed by atoms with Gasteiger partial charge in [-0.1, -0.05) is 55.8 Å². The van der Waals surface area contributed by atoms with Crippen molar-refractivity contribution in [1.29, 1.82) is 0 Å². The Balaban J connectivity index is 2.13. The highest BCUT2D eigenvalue weighted by Crippen LogP contribution is 2.35.